The number of hydrogen-bond donors (Lipinski definition) is 0. The maximum absolute atomic E-state index is 11.0. The molecule has 50 valence electrons. The van der Waals surface area contributed by atoms with Crippen LogP contribution in [-0.4, -0.2) is 13.8 Å². The number of rotatable bonds is 0. The first-order valence-corrected chi connectivity index (χ1v) is 5.72. The van der Waals surface area contributed by atoms with Crippen LogP contribution < -0.4 is 10.4 Å². The standard InChI is InChI=1S/C8H6OSe/c9-10-5-7-3-1-2-4-8(7)6-10/h1-6H. The van der Waals surface area contributed by atoms with Gasteiger partial charge in [0, 0.05) is 0 Å². The summed E-state index contributed by atoms with van der Waals surface area (Å²) in [4.78, 5) is 3.71. The van der Waals surface area contributed by atoms with E-state index in [1.165, 1.54) is 0 Å². The van der Waals surface area contributed by atoms with Crippen molar-refractivity contribution in [1.29, 1.82) is 0 Å². The molecule has 2 heteroatoms. The Labute approximate surface area is 62.8 Å². The Bertz CT molecular complexity index is 355. The van der Waals surface area contributed by atoms with Crippen molar-refractivity contribution in [2.24, 2.45) is 0 Å². The molecule has 0 atom stereocenters. The van der Waals surface area contributed by atoms with E-state index in [0.717, 1.165) is 10.4 Å². The van der Waals surface area contributed by atoms with E-state index >= 15 is 0 Å². The van der Waals surface area contributed by atoms with E-state index in [2.05, 4.69) is 0 Å². The summed E-state index contributed by atoms with van der Waals surface area (Å²) in [7, 11) is 0. The topological polar surface area (TPSA) is 17.1 Å². The van der Waals surface area contributed by atoms with Gasteiger partial charge in [-0.05, 0) is 0 Å². The molecule has 1 aromatic carbocycles. The van der Waals surface area contributed by atoms with E-state index < -0.39 is 13.8 Å². The van der Waals surface area contributed by atoms with E-state index in [9.17, 15) is 3.83 Å². The van der Waals surface area contributed by atoms with E-state index in [1.54, 1.807) is 0 Å². The summed E-state index contributed by atoms with van der Waals surface area (Å²) in [5.41, 5.74) is 0. The van der Waals surface area contributed by atoms with E-state index in [1.807, 2.05) is 34.2 Å². The van der Waals surface area contributed by atoms with Crippen LogP contribution in [0.3, 0.4) is 0 Å². The van der Waals surface area contributed by atoms with Gasteiger partial charge in [0.15, 0.2) is 0 Å². The Kier molecular flexibility index (Phi) is 1.30. The van der Waals surface area contributed by atoms with Gasteiger partial charge in [-0.1, -0.05) is 0 Å². The second-order valence-corrected chi connectivity index (χ2v) is 4.56. The summed E-state index contributed by atoms with van der Waals surface area (Å²) in [5, 5.41) is 2.25. The molecule has 0 radical (unpaired) electrons. The minimum absolute atomic E-state index is 1.13. The summed E-state index contributed by atoms with van der Waals surface area (Å²) in [6.07, 6.45) is 0. The van der Waals surface area contributed by atoms with Crippen LogP contribution in [0.2, 0.25) is 0 Å². The molecule has 0 saturated heterocycles. The third-order valence-corrected chi connectivity index (χ3v) is 3.52. The third kappa shape index (κ3) is 0.859. The van der Waals surface area contributed by atoms with Gasteiger partial charge in [-0.15, -0.1) is 0 Å². The molecule has 1 nitrogen and oxygen atoms in total. The Morgan fingerprint density at radius 2 is 1.50 bits per heavy atom. The van der Waals surface area contributed by atoms with Crippen LogP contribution in [0.25, 0.3) is 9.95 Å². The minimum atomic E-state index is -1.72. The van der Waals surface area contributed by atoms with Gasteiger partial charge in [-0.25, -0.2) is 0 Å². The Balaban J connectivity index is 2.96. The van der Waals surface area contributed by atoms with E-state index in [0.29, 0.717) is 0 Å². The van der Waals surface area contributed by atoms with Crippen LogP contribution in [0.1, 0.15) is 0 Å². The SMILES string of the molecule is O=[Se]1C=c2ccccc2=C1. The first kappa shape index (κ1) is 6.02. The van der Waals surface area contributed by atoms with Crippen molar-refractivity contribution in [2.75, 3.05) is 0 Å². The van der Waals surface area contributed by atoms with Crippen molar-refractivity contribution >= 4 is 23.8 Å². The second kappa shape index (κ2) is 2.15. The van der Waals surface area contributed by atoms with Crippen molar-refractivity contribution in [1.82, 2.24) is 0 Å². The summed E-state index contributed by atoms with van der Waals surface area (Å²) < 4.78 is 11.0. The molecular formula is C8H6OSe. The molecule has 0 amide bonds. The molecule has 1 heterocycles. The Morgan fingerprint density at radius 1 is 1.00 bits per heavy atom. The van der Waals surface area contributed by atoms with Crippen molar-refractivity contribution in [3.8, 4) is 0 Å². The summed E-state index contributed by atoms with van der Waals surface area (Å²) in [6.45, 7) is 0. The van der Waals surface area contributed by atoms with Gasteiger partial charge in [0.1, 0.15) is 0 Å². The second-order valence-electron chi connectivity index (χ2n) is 2.19. The zero-order valence-corrected chi connectivity index (χ0v) is 6.99. The molecule has 0 aliphatic carbocycles. The molecular weight excluding hydrogens is 191 g/mol. The quantitative estimate of drug-likeness (QED) is 0.525. The average molecular weight is 197 g/mol. The van der Waals surface area contributed by atoms with Gasteiger partial charge in [0.05, 0.1) is 0 Å². The predicted octanol–water partition coefficient (Wildman–Crippen LogP) is -0.238. The number of hydrogen-bond acceptors (Lipinski definition) is 1. The van der Waals surface area contributed by atoms with Gasteiger partial charge in [-0.2, -0.15) is 0 Å². The molecule has 0 aromatic heterocycles. The molecule has 0 spiro atoms. The van der Waals surface area contributed by atoms with Crippen LogP contribution in [0.4, 0.5) is 0 Å². The summed E-state index contributed by atoms with van der Waals surface area (Å²) in [6, 6.07) is 7.92. The number of benzene rings is 1. The van der Waals surface area contributed by atoms with Crippen LogP contribution in [-0.2, 0) is 3.83 Å². The molecule has 0 saturated carbocycles. The molecule has 10 heavy (non-hydrogen) atoms. The van der Waals surface area contributed by atoms with Crippen LogP contribution >= 0.6 is 0 Å². The van der Waals surface area contributed by atoms with Gasteiger partial charge in [0.2, 0.25) is 0 Å². The molecule has 1 aliphatic rings. The monoisotopic (exact) mass is 198 g/mol. The molecule has 1 aliphatic heterocycles. The molecule has 1 aromatic rings. The van der Waals surface area contributed by atoms with E-state index in [4.69, 9.17) is 0 Å². The maximum atomic E-state index is 11.0. The Morgan fingerprint density at radius 3 is 2.00 bits per heavy atom. The van der Waals surface area contributed by atoms with Gasteiger partial charge < -0.3 is 0 Å². The molecule has 0 fully saturated rings. The fourth-order valence-corrected chi connectivity index (χ4v) is 3.10. The van der Waals surface area contributed by atoms with Crippen LogP contribution in [0.5, 0.6) is 0 Å². The van der Waals surface area contributed by atoms with Crippen molar-refractivity contribution in [3.05, 3.63) is 34.7 Å². The predicted molar refractivity (Wildman–Crippen MR) is 41.1 cm³/mol. The van der Waals surface area contributed by atoms with Crippen molar-refractivity contribution < 1.29 is 3.83 Å². The molecule has 0 N–H and O–H groups in total. The zero-order chi connectivity index (χ0) is 6.97. The zero-order valence-electron chi connectivity index (χ0n) is 5.28. The Hall–Kier alpha value is -0.721. The molecule has 0 bridgehead atoms. The molecule has 2 rings (SSSR count). The number of fused-ring (bicyclic) bond motifs is 1. The first-order valence-electron chi connectivity index (χ1n) is 3.04. The van der Waals surface area contributed by atoms with Gasteiger partial charge >= 0.3 is 62.3 Å². The fraction of sp³-hybridized carbons (Fsp3) is 0. The van der Waals surface area contributed by atoms with Crippen molar-refractivity contribution in [3.63, 3.8) is 0 Å². The third-order valence-electron chi connectivity index (χ3n) is 1.48. The van der Waals surface area contributed by atoms with Crippen LogP contribution in [0.15, 0.2) is 24.3 Å². The van der Waals surface area contributed by atoms with Crippen LogP contribution in [0, 0.1) is 0 Å². The normalized spacial score (nSPS) is 15.6. The first-order chi connectivity index (χ1) is 4.86. The summed E-state index contributed by atoms with van der Waals surface area (Å²) >= 11 is -1.72. The average Bonchev–Trinajstić information content (AvgIpc) is 2.27. The summed E-state index contributed by atoms with van der Waals surface area (Å²) in [5.74, 6) is 0. The van der Waals surface area contributed by atoms with E-state index in [-0.39, 0.29) is 0 Å². The van der Waals surface area contributed by atoms with Crippen molar-refractivity contribution in [2.45, 2.75) is 0 Å². The molecule has 0 unspecified atom stereocenters. The fourth-order valence-electron chi connectivity index (χ4n) is 1.01. The van der Waals surface area contributed by atoms with Gasteiger partial charge in [-0.3, -0.25) is 0 Å². The van der Waals surface area contributed by atoms with Gasteiger partial charge in [0.25, 0.3) is 0 Å².